The number of carbonyl (C=O) groups is 1. The van der Waals surface area contributed by atoms with Crippen molar-refractivity contribution < 1.29 is 14.3 Å². The van der Waals surface area contributed by atoms with Crippen LogP contribution in [-0.2, 0) is 9.47 Å². The van der Waals surface area contributed by atoms with E-state index < -0.39 is 5.97 Å². The number of hydrogen-bond acceptors (Lipinski definition) is 7. The van der Waals surface area contributed by atoms with Crippen molar-refractivity contribution in [3.63, 3.8) is 0 Å². The van der Waals surface area contributed by atoms with Gasteiger partial charge in [0.05, 0.1) is 19.8 Å². The molecule has 2 heterocycles. The van der Waals surface area contributed by atoms with Gasteiger partial charge in [0.2, 0.25) is 5.82 Å². The Morgan fingerprint density at radius 2 is 2.19 bits per heavy atom. The van der Waals surface area contributed by atoms with Crippen molar-refractivity contribution in [2.24, 2.45) is 0 Å². The monoisotopic (exact) mass is 294 g/mol. The zero-order valence-corrected chi connectivity index (χ0v) is 12.5. The zero-order valence-electron chi connectivity index (χ0n) is 12.5. The largest absolute Gasteiger partial charge is 0.463 e. The van der Waals surface area contributed by atoms with Crippen LogP contribution in [0.1, 0.15) is 29.2 Å². The van der Waals surface area contributed by atoms with Gasteiger partial charge in [-0.25, -0.2) is 14.8 Å². The lowest BCUT2D eigenvalue weighted by molar-refractivity contribution is 0.0394. The normalized spacial score (nSPS) is 15.7. The molecule has 1 fully saturated rings. The molecule has 0 aromatic carbocycles. The SMILES string of the molecule is COC(=O)c1nc(C)cc(NCCOC2CCNCC2)n1. The van der Waals surface area contributed by atoms with Gasteiger partial charge in [-0.1, -0.05) is 0 Å². The summed E-state index contributed by atoms with van der Waals surface area (Å²) in [5.41, 5.74) is 0.715. The molecule has 1 aliphatic rings. The first kappa shape index (κ1) is 15.7. The van der Waals surface area contributed by atoms with E-state index in [1.165, 1.54) is 7.11 Å². The number of anilines is 1. The van der Waals surface area contributed by atoms with E-state index in [0.717, 1.165) is 25.9 Å². The van der Waals surface area contributed by atoms with E-state index in [4.69, 9.17) is 4.74 Å². The molecule has 0 aliphatic carbocycles. The number of ether oxygens (including phenoxy) is 2. The van der Waals surface area contributed by atoms with E-state index in [9.17, 15) is 4.79 Å². The molecule has 0 unspecified atom stereocenters. The predicted molar refractivity (Wildman–Crippen MR) is 78.4 cm³/mol. The molecule has 0 bridgehead atoms. The molecule has 0 radical (unpaired) electrons. The fraction of sp³-hybridized carbons (Fsp3) is 0.643. The van der Waals surface area contributed by atoms with Gasteiger partial charge in [0, 0.05) is 18.3 Å². The van der Waals surface area contributed by atoms with E-state index in [-0.39, 0.29) is 5.82 Å². The Hall–Kier alpha value is -1.73. The average Bonchev–Trinajstić information content (AvgIpc) is 2.51. The third-order valence-electron chi connectivity index (χ3n) is 3.27. The molecule has 116 valence electrons. The molecule has 1 saturated heterocycles. The first-order valence-corrected chi connectivity index (χ1v) is 7.19. The van der Waals surface area contributed by atoms with Crippen molar-refractivity contribution in [1.29, 1.82) is 0 Å². The number of carbonyl (C=O) groups excluding carboxylic acids is 1. The second kappa shape index (κ2) is 7.90. The fourth-order valence-corrected chi connectivity index (χ4v) is 2.21. The van der Waals surface area contributed by atoms with Crippen molar-refractivity contribution in [1.82, 2.24) is 15.3 Å². The lowest BCUT2D eigenvalue weighted by Crippen LogP contribution is -2.33. The summed E-state index contributed by atoms with van der Waals surface area (Å²) in [5.74, 6) is 0.142. The summed E-state index contributed by atoms with van der Waals surface area (Å²) in [6.07, 6.45) is 2.45. The molecule has 2 N–H and O–H groups in total. The van der Waals surface area contributed by atoms with Gasteiger partial charge < -0.3 is 20.1 Å². The van der Waals surface area contributed by atoms with Crippen molar-refractivity contribution in [2.75, 3.05) is 38.7 Å². The number of rotatable bonds is 6. The molecule has 1 aromatic rings. The first-order chi connectivity index (χ1) is 10.2. The number of aryl methyl sites for hydroxylation is 1. The molecule has 0 atom stereocenters. The highest BCUT2D eigenvalue weighted by molar-refractivity contribution is 5.85. The maximum Gasteiger partial charge on any atom is 0.376 e. The molecule has 7 heteroatoms. The number of aromatic nitrogens is 2. The molecule has 0 amide bonds. The highest BCUT2D eigenvalue weighted by Gasteiger charge is 2.13. The quantitative estimate of drug-likeness (QED) is 0.591. The summed E-state index contributed by atoms with van der Waals surface area (Å²) < 4.78 is 10.4. The highest BCUT2D eigenvalue weighted by Crippen LogP contribution is 2.08. The van der Waals surface area contributed by atoms with Crippen LogP contribution in [0.5, 0.6) is 0 Å². The summed E-state index contributed by atoms with van der Waals surface area (Å²) in [7, 11) is 1.31. The third-order valence-corrected chi connectivity index (χ3v) is 3.27. The summed E-state index contributed by atoms with van der Waals surface area (Å²) in [6.45, 7) is 5.10. The molecule has 7 nitrogen and oxygen atoms in total. The fourth-order valence-electron chi connectivity index (χ4n) is 2.21. The number of methoxy groups -OCH3 is 1. The Morgan fingerprint density at radius 1 is 1.43 bits per heavy atom. The van der Waals surface area contributed by atoms with Crippen LogP contribution in [0.25, 0.3) is 0 Å². The Morgan fingerprint density at radius 3 is 2.90 bits per heavy atom. The van der Waals surface area contributed by atoms with Crippen LogP contribution in [0.2, 0.25) is 0 Å². The van der Waals surface area contributed by atoms with Gasteiger partial charge in [-0.3, -0.25) is 0 Å². The number of nitrogens with zero attached hydrogens (tertiary/aromatic N) is 2. The second-order valence-electron chi connectivity index (χ2n) is 4.96. The summed E-state index contributed by atoms with van der Waals surface area (Å²) >= 11 is 0. The molecule has 1 aromatic heterocycles. The summed E-state index contributed by atoms with van der Waals surface area (Å²) in [5, 5.41) is 6.45. The minimum absolute atomic E-state index is 0.0688. The van der Waals surface area contributed by atoms with Crippen LogP contribution in [-0.4, -0.2) is 55.4 Å². The van der Waals surface area contributed by atoms with Crippen LogP contribution in [0.3, 0.4) is 0 Å². The van der Waals surface area contributed by atoms with Crippen molar-refractivity contribution in [3.05, 3.63) is 17.6 Å². The zero-order chi connectivity index (χ0) is 15.1. The van der Waals surface area contributed by atoms with Crippen molar-refractivity contribution in [2.45, 2.75) is 25.9 Å². The molecule has 0 saturated carbocycles. The van der Waals surface area contributed by atoms with Crippen LogP contribution >= 0.6 is 0 Å². The van der Waals surface area contributed by atoms with Crippen LogP contribution < -0.4 is 10.6 Å². The predicted octanol–water partition coefficient (Wildman–Crippen LogP) is 0.752. The van der Waals surface area contributed by atoms with Crippen LogP contribution in [0.4, 0.5) is 5.82 Å². The van der Waals surface area contributed by atoms with E-state index in [0.29, 0.717) is 30.8 Å². The van der Waals surface area contributed by atoms with Gasteiger partial charge in [0.15, 0.2) is 0 Å². The van der Waals surface area contributed by atoms with E-state index in [2.05, 4.69) is 25.3 Å². The Labute approximate surface area is 124 Å². The maximum absolute atomic E-state index is 11.4. The van der Waals surface area contributed by atoms with Gasteiger partial charge in [-0.05, 0) is 32.9 Å². The minimum Gasteiger partial charge on any atom is -0.463 e. The Kier molecular flexibility index (Phi) is 5.89. The second-order valence-corrected chi connectivity index (χ2v) is 4.96. The van der Waals surface area contributed by atoms with E-state index >= 15 is 0 Å². The molecular formula is C14H22N4O3. The topological polar surface area (TPSA) is 85.4 Å². The number of nitrogens with one attached hydrogen (secondary N) is 2. The summed E-state index contributed by atoms with van der Waals surface area (Å²) in [6, 6.07) is 1.79. The molecular weight excluding hydrogens is 272 g/mol. The van der Waals surface area contributed by atoms with Gasteiger partial charge in [-0.15, -0.1) is 0 Å². The van der Waals surface area contributed by atoms with Crippen LogP contribution in [0, 0.1) is 6.92 Å². The van der Waals surface area contributed by atoms with Crippen molar-refractivity contribution in [3.8, 4) is 0 Å². The van der Waals surface area contributed by atoms with Gasteiger partial charge >= 0.3 is 5.97 Å². The Bertz CT molecular complexity index is 475. The maximum atomic E-state index is 11.4. The molecule has 1 aliphatic heterocycles. The Balaban J connectivity index is 1.79. The molecule has 2 rings (SSSR count). The van der Waals surface area contributed by atoms with Crippen LogP contribution in [0.15, 0.2) is 6.07 Å². The van der Waals surface area contributed by atoms with Crippen molar-refractivity contribution >= 4 is 11.8 Å². The standard InChI is InChI=1S/C14H22N4O3/c1-10-9-12(18-13(17-10)14(19)20-2)16-7-8-21-11-3-5-15-6-4-11/h9,11,15H,3-8H2,1-2H3,(H,16,17,18). The molecule has 21 heavy (non-hydrogen) atoms. The number of piperidine rings is 1. The average molecular weight is 294 g/mol. The van der Waals surface area contributed by atoms with E-state index in [1.807, 2.05) is 6.92 Å². The first-order valence-electron chi connectivity index (χ1n) is 7.19. The van der Waals surface area contributed by atoms with E-state index in [1.54, 1.807) is 6.07 Å². The third kappa shape index (κ3) is 4.95. The minimum atomic E-state index is -0.535. The number of hydrogen-bond donors (Lipinski definition) is 2. The van der Waals surface area contributed by atoms with Gasteiger partial charge in [-0.2, -0.15) is 0 Å². The molecule has 0 spiro atoms. The lowest BCUT2D eigenvalue weighted by atomic mass is 10.1. The number of esters is 1. The summed E-state index contributed by atoms with van der Waals surface area (Å²) in [4.78, 5) is 19.6. The highest BCUT2D eigenvalue weighted by atomic mass is 16.5. The smallest absolute Gasteiger partial charge is 0.376 e. The van der Waals surface area contributed by atoms with Gasteiger partial charge in [0.1, 0.15) is 5.82 Å². The lowest BCUT2D eigenvalue weighted by Gasteiger charge is -2.23. The van der Waals surface area contributed by atoms with Gasteiger partial charge in [0.25, 0.3) is 0 Å².